The summed E-state index contributed by atoms with van der Waals surface area (Å²) < 4.78 is 5.60. The molecule has 0 N–H and O–H groups in total. The second kappa shape index (κ2) is 7.70. The summed E-state index contributed by atoms with van der Waals surface area (Å²) in [7, 11) is 0. The summed E-state index contributed by atoms with van der Waals surface area (Å²) in [6.45, 7) is 2.42. The quantitative estimate of drug-likeness (QED) is 0.603. The van der Waals surface area contributed by atoms with Crippen LogP contribution in [0.1, 0.15) is 18.1 Å². The number of rotatable bonds is 6. The van der Waals surface area contributed by atoms with Gasteiger partial charge in [0.15, 0.2) is 0 Å². The van der Waals surface area contributed by atoms with Gasteiger partial charge in [0.25, 0.3) is 0 Å². The molecule has 22 heavy (non-hydrogen) atoms. The standard InChI is InChI=1S/C17H14N2O3/c1-2-22-17-10-16(19-12-21)8-5-14(17)9-13-3-6-15(7-4-13)18-11-20/h3-8,10H,2,9H2,1H3. The van der Waals surface area contributed by atoms with Crippen molar-refractivity contribution < 1.29 is 14.3 Å². The molecule has 0 aliphatic heterocycles. The minimum atomic E-state index is 0.512. The Labute approximate surface area is 128 Å². The molecule has 0 saturated carbocycles. The van der Waals surface area contributed by atoms with Crippen molar-refractivity contribution in [3.63, 3.8) is 0 Å². The molecule has 0 amide bonds. The van der Waals surface area contributed by atoms with E-state index in [4.69, 9.17) is 4.74 Å². The smallest absolute Gasteiger partial charge is 0.240 e. The highest BCUT2D eigenvalue weighted by molar-refractivity contribution is 5.55. The lowest BCUT2D eigenvalue weighted by Gasteiger charge is -2.11. The van der Waals surface area contributed by atoms with Gasteiger partial charge in [-0.25, -0.2) is 9.59 Å². The second-order valence-electron chi connectivity index (χ2n) is 4.47. The van der Waals surface area contributed by atoms with E-state index in [1.54, 1.807) is 24.3 Å². The predicted octanol–water partition coefficient (Wildman–Crippen LogP) is 3.61. The van der Waals surface area contributed by atoms with Gasteiger partial charge in [-0.2, -0.15) is 9.98 Å². The Morgan fingerprint density at radius 3 is 2.23 bits per heavy atom. The molecule has 0 aromatic heterocycles. The molecule has 0 heterocycles. The second-order valence-corrected chi connectivity index (χ2v) is 4.47. The third kappa shape index (κ3) is 4.00. The Morgan fingerprint density at radius 1 is 0.955 bits per heavy atom. The Morgan fingerprint density at radius 2 is 1.59 bits per heavy atom. The lowest BCUT2D eigenvalue weighted by molar-refractivity contribution is 0.337. The van der Waals surface area contributed by atoms with Gasteiger partial charge in [-0.05, 0) is 36.2 Å². The fraction of sp³-hybridized carbons (Fsp3) is 0.176. The molecule has 2 aromatic rings. The van der Waals surface area contributed by atoms with Crippen molar-refractivity contribution in [1.29, 1.82) is 0 Å². The molecule has 0 radical (unpaired) electrons. The summed E-state index contributed by atoms with van der Waals surface area (Å²) >= 11 is 0. The van der Waals surface area contributed by atoms with Crippen LogP contribution in [-0.4, -0.2) is 18.8 Å². The van der Waals surface area contributed by atoms with E-state index in [0.717, 1.165) is 11.1 Å². The number of nitrogens with zero attached hydrogens (tertiary/aromatic N) is 2. The molecular formula is C17H14N2O3. The highest BCUT2D eigenvalue weighted by Crippen LogP contribution is 2.27. The average Bonchev–Trinajstić information content (AvgIpc) is 2.52. The van der Waals surface area contributed by atoms with Gasteiger partial charge in [-0.1, -0.05) is 18.2 Å². The zero-order valence-electron chi connectivity index (χ0n) is 12.1. The third-order valence-corrected chi connectivity index (χ3v) is 3.03. The summed E-state index contributed by atoms with van der Waals surface area (Å²) in [6.07, 6.45) is 3.69. The van der Waals surface area contributed by atoms with E-state index >= 15 is 0 Å². The number of carbonyl (C=O) groups excluding carboxylic acids is 2. The Balaban J connectivity index is 2.27. The van der Waals surface area contributed by atoms with E-state index in [9.17, 15) is 9.59 Å². The molecule has 0 aliphatic carbocycles. The molecule has 2 aromatic carbocycles. The maximum absolute atomic E-state index is 10.3. The van der Waals surface area contributed by atoms with Crippen LogP contribution in [0.3, 0.4) is 0 Å². The maximum Gasteiger partial charge on any atom is 0.240 e. The van der Waals surface area contributed by atoms with E-state index in [1.165, 1.54) is 12.2 Å². The number of aliphatic imine (C=N–C) groups is 2. The molecule has 0 saturated heterocycles. The van der Waals surface area contributed by atoms with Gasteiger partial charge in [-0.3, -0.25) is 0 Å². The monoisotopic (exact) mass is 294 g/mol. The molecule has 0 aliphatic rings. The van der Waals surface area contributed by atoms with Gasteiger partial charge in [0.2, 0.25) is 12.2 Å². The first-order valence-corrected chi connectivity index (χ1v) is 6.77. The minimum Gasteiger partial charge on any atom is -0.494 e. The fourth-order valence-corrected chi connectivity index (χ4v) is 2.06. The van der Waals surface area contributed by atoms with E-state index in [-0.39, 0.29) is 0 Å². The van der Waals surface area contributed by atoms with Crippen LogP contribution in [-0.2, 0) is 16.0 Å². The molecule has 0 fully saturated rings. The largest absolute Gasteiger partial charge is 0.494 e. The molecule has 0 unspecified atom stereocenters. The van der Waals surface area contributed by atoms with Crippen molar-refractivity contribution in [3.8, 4) is 5.75 Å². The summed E-state index contributed by atoms with van der Waals surface area (Å²) in [4.78, 5) is 27.7. The van der Waals surface area contributed by atoms with Crippen LogP contribution in [0.2, 0.25) is 0 Å². The molecule has 2 rings (SSSR count). The maximum atomic E-state index is 10.3. The van der Waals surface area contributed by atoms with Gasteiger partial charge in [-0.15, -0.1) is 0 Å². The third-order valence-electron chi connectivity index (χ3n) is 3.03. The first kappa shape index (κ1) is 15.4. The molecule has 110 valence electrons. The summed E-state index contributed by atoms with van der Waals surface area (Å²) in [6, 6.07) is 12.6. The molecular weight excluding hydrogens is 280 g/mol. The van der Waals surface area contributed by atoms with Crippen LogP contribution in [0.15, 0.2) is 52.4 Å². The summed E-state index contributed by atoms with van der Waals surface area (Å²) in [5, 5.41) is 0. The molecule has 0 bridgehead atoms. The van der Waals surface area contributed by atoms with Crippen LogP contribution in [0.4, 0.5) is 11.4 Å². The first-order valence-electron chi connectivity index (χ1n) is 6.77. The van der Waals surface area contributed by atoms with Gasteiger partial charge in [0.05, 0.1) is 18.0 Å². The molecule has 5 nitrogen and oxygen atoms in total. The molecule has 0 atom stereocenters. The van der Waals surface area contributed by atoms with Crippen LogP contribution < -0.4 is 4.74 Å². The highest BCUT2D eigenvalue weighted by atomic mass is 16.5. The van der Waals surface area contributed by atoms with Crippen LogP contribution >= 0.6 is 0 Å². The fourth-order valence-electron chi connectivity index (χ4n) is 2.06. The van der Waals surface area contributed by atoms with E-state index in [1.807, 2.05) is 25.1 Å². The van der Waals surface area contributed by atoms with Gasteiger partial charge < -0.3 is 4.74 Å². The van der Waals surface area contributed by atoms with Gasteiger partial charge in [0, 0.05) is 12.5 Å². The minimum absolute atomic E-state index is 0.512. The van der Waals surface area contributed by atoms with Crippen molar-refractivity contribution in [3.05, 3.63) is 53.6 Å². The Kier molecular flexibility index (Phi) is 5.38. The number of isocyanates is 2. The van der Waals surface area contributed by atoms with Crippen molar-refractivity contribution in [2.45, 2.75) is 13.3 Å². The van der Waals surface area contributed by atoms with Crippen molar-refractivity contribution >= 4 is 23.5 Å². The number of benzene rings is 2. The molecule has 0 spiro atoms. The lowest BCUT2D eigenvalue weighted by Crippen LogP contribution is -1.97. The number of hydrogen-bond acceptors (Lipinski definition) is 5. The molecule has 5 heteroatoms. The number of ether oxygens (including phenoxy) is 1. The van der Waals surface area contributed by atoms with Gasteiger partial charge in [0.1, 0.15) is 5.75 Å². The zero-order valence-corrected chi connectivity index (χ0v) is 12.1. The van der Waals surface area contributed by atoms with E-state index in [2.05, 4.69) is 9.98 Å². The SMILES string of the molecule is CCOc1cc(N=C=O)ccc1Cc1ccc(N=C=O)cc1. The lowest BCUT2D eigenvalue weighted by atomic mass is 10.0. The van der Waals surface area contributed by atoms with E-state index < -0.39 is 0 Å². The average molecular weight is 294 g/mol. The highest BCUT2D eigenvalue weighted by Gasteiger charge is 2.06. The summed E-state index contributed by atoms with van der Waals surface area (Å²) in [5.41, 5.74) is 3.12. The predicted molar refractivity (Wildman–Crippen MR) is 82.4 cm³/mol. The van der Waals surface area contributed by atoms with Crippen molar-refractivity contribution in [2.24, 2.45) is 9.98 Å². The topological polar surface area (TPSA) is 68.1 Å². The Hall–Kier alpha value is -3.00. The summed E-state index contributed by atoms with van der Waals surface area (Å²) in [5.74, 6) is 0.689. The van der Waals surface area contributed by atoms with Crippen molar-refractivity contribution in [1.82, 2.24) is 0 Å². The first-order chi connectivity index (χ1) is 10.8. The van der Waals surface area contributed by atoms with Crippen LogP contribution in [0.5, 0.6) is 5.75 Å². The normalized spacial score (nSPS) is 9.50. The van der Waals surface area contributed by atoms with Gasteiger partial charge >= 0.3 is 0 Å². The number of hydrogen-bond donors (Lipinski definition) is 0. The Bertz CT molecular complexity index is 741. The van der Waals surface area contributed by atoms with Crippen LogP contribution in [0.25, 0.3) is 0 Å². The van der Waals surface area contributed by atoms with Crippen LogP contribution in [0, 0.1) is 0 Å². The van der Waals surface area contributed by atoms with Crippen molar-refractivity contribution in [2.75, 3.05) is 6.61 Å². The zero-order chi connectivity index (χ0) is 15.8. The van der Waals surface area contributed by atoms with E-state index in [0.29, 0.717) is 30.2 Å².